The van der Waals surface area contributed by atoms with Gasteiger partial charge >= 0.3 is 5.97 Å². The van der Waals surface area contributed by atoms with Crippen LogP contribution in [-0.4, -0.2) is 59.6 Å². The minimum Gasteiger partial charge on any atom is -0.480 e. The van der Waals surface area contributed by atoms with Crippen LogP contribution < -0.4 is 0 Å². The zero-order valence-corrected chi connectivity index (χ0v) is 22.8. The van der Waals surface area contributed by atoms with E-state index in [9.17, 15) is 14.3 Å². The first kappa shape index (κ1) is 27.3. The van der Waals surface area contributed by atoms with E-state index >= 15 is 0 Å². The van der Waals surface area contributed by atoms with E-state index in [1.54, 1.807) is 29.3 Å². The Morgan fingerprint density at radius 2 is 1.55 bits per heavy atom. The van der Waals surface area contributed by atoms with E-state index in [4.69, 9.17) is 0 Å². The Balaban J connectivity index is 0.000000366. The molecule has 0 bridgehead atoms. The number of carboxylic acid groups (broad SMARTS) is 1. The summed E-state index contributed by atoms with van der Waals surface area (Å²) in [4.78, 5) is 16.7. The molecule has 2 aromatic carbocycles. The van der Waals surface area contributed by atoms with Gasteiger partial charge in [-0.25, -0.2) is 4.39 Å². The van der Waals surface area contributed by atoms with Gasteiger partial charge in [0.2, 0.25) is 0 Å². The maximum atomic E-state index is 11.9. The van der Waals surface area contributed by atoms with E-state index in [0.29, 0.717) is 11.8 Å². The Morgan fingerprint density at radius 3 is 2.24 bits per heavy atom. The topological polar surface area (TPSA) is 43.8 Å². The number of likely N-dealkylation sites (tertiary alicyclic amines) is 2. The van der Waals surface area contributed by atoms with Crippen molar-refractivity contribution >= 4 is 5.97 Å². The molecule has 4 nitrogen and oxygen atoms in total. The third kappa shape index (κ3) is 7.66. The van der Waals surface area contributed by atoms with Gasteiger partial charge in [0, 0.05) is 13.1 Å². The number of carboxylic acids is 1. The molecule has 2 aromatic rings. The molecule has 3 unspecified atom stereocenters. The molecular formula is C33H45FN2O2. The van der Waals surface area contributed by atoms with Crippen LogP contribution in [0.15, 0.2) is 54.6 Å². The molecule has 38 heavy (non-hydrogen) atoms. The van der Waals surface area contributed by atoms with Crippen molar-refractivity contribution in [2.24, 2.45) is 17.8 Å². The van der Waals surface area contributed by atoms with Crippen LogP contribution in [0.2, 0.25) is 0 Å². The first-order valence-electron chi connectivity index (χ1n) is 15.0. The van der Waals surface area contributed by atoms with Crippen LogP contribution >= 0.6 is 0 Å². The van der Waals surface area contributed by atoms with Gasteiger partial charge in [0.15, 0.2) is 0 Å². The number of halogens is 1. The predicted molar refractivity (Wildman–Crippen MR) is 151 cm³/mol. The number of aliphatic carboxylic acids is 1. The summed E-state index contributed by atoms with van der Waals surface area (Å²) in [5, 5.41) is 9.68. The third-order valence-corrected chi connectivity index (χ3v) is 9.43. The van der Waals surface area contributed by atoms with Gasteiger partial charge in [-0.1, -0.05) is 55.3 Å². The molecule has 4 aliphatic rings. The Labute approximate surface area is 228 Å². The van der Waals surface area contributed by atoms with Gasteiger partial charge in [-0.2, -0.15) is 0 Å². The van der Waals surface area contributed by atoms with E-state index in [2.05, 4.69) is 34.1 Å². The quantitative estimate of drug-likeness (QED) is 0.404. The number of rotatable bonds is 9. The van der Waals surface area contributed by atoms with Gasteiger partial charge in [0.1, 0.15) is 11.9 Å². The Morgan fingerprint density at radius 1 is 0.842 bits per heavy atom. The van der Waals surface area contributed by atoms with Crippen LogP contribution in [0.1, 0.15) is 74.8 Å². The summed E-state index contributed by atoms with van der Waals surface area (Å²) >= 11 is 0. The molecular weight excluding hydrogens is 475 g/mol. The van der Waals surface area contributed by atoms with Crippen molar-refractivity contribution in [1.29, 1.82) is 0 Å². The molecule has 1 saturated carbocycles. The molecule has 0 spiro atoms. The minimum atomic E-state index is -0.599. The van der Waals surface area contributed by atoms with Gasteiger partial charge in [-0.05, 0) is 118 Å². The molecule has 206 valence electrons. The van der Waals surface area contributed by atoms with E-state index in [1.165, 1.54) is 89.6 Å². The molecule has 3 fully saturated rings. The smallest absolute Gasteiger partial charge is 0.320 e. The lowest BCUT2D eigenvalue weighted by Gasteiger charge is -2.34. The summed E-state index contributed by atoms with van der Waals surface area (Å²) in [7, 11) is 0. The monoisotopic (exact) mass is 520 g/mol. The SMILES string of the molecule is Fc1ccccc1.O=C(O)C(CC1CC1)N1CCC(CN2CCC(CCC3CCc4ccccc43)CC2)C1. The Hall–Kier alpha value is -2.24. The summed E-state index contributed by atoms with van der Waals surface area (Å²) in [6, 6.07) is 16.8. The van der Waals surface area contributed by atoms with Crippen LogP contribution in [-0.2, 0) is 11.2 Å². The van der Waals surface area contributed by atoms with Crippen LogP contribution in [0.5, 0.6) is 0 Å². The van der Waals surface area contributed by atoms with Crippen molar-refractivity contribution in [3.63, 3.8) is 0 Å². The zero-order valence-electron chi connectivity index (χ0n) is 22.8. The first-order chi connectivity index (χ1) is 18.5. The largest absolute Gasteiger partial charge is 0.480 e. The molecule has 5 heteroatoms. The minimum absolute atomic E-state index is 0.178. The van der Waals surface area contributed by atoms with E-state index < -0.39 is 5.97 Å². The number of nitrogens with zero attached hydrogens (tertiary/aromatic N) is 2. The standard InChI is InChI=1S/C27H40N2O2.C6H5F/c30-27(31)26(17-21-5-6-21)29-16-13-22(19-29)18-28-14-11-20(12-15-28)7-8-24-10-9-23-3-1-2-4-25(23)24;7-6-4-2-1-3-5-6/h1-4,20-22,24,26H,5-19H2,(H,30,31);1-5H. The fourth-order valence-corrected chi connectivity index (χ4v) is 6.99. The second-order valence-corrected chi connectivity index (χ2v) is 12.2. The fourth-order valence-electron chi connectivity index (χ4n) is 6.99. The Bertz CT molecular complexity index is 1020. The predicted octanol–water partition coefficient (Wildman–Crippen LogP) is 6.61. The molecule has 0 aromatic heterocycles. The van der Waals surface area contributed by atoms with Crippen molar-refractivity contribution in [2.45, 2.75) is 76.2 Å². The summed E-state index contributed by atoms with van der Waals surface area (Å²) < 4.78 is 11.9. The summed E-state index contributed by atoms with van der Waals surface area (Å²) in [5.74, 6) is 2.26. The number of fused-ring (bicyclic) bond motifs is 1. The number of benzene rings is 2. The molecule has 6 rings (SSSR count). The van der Waals surface area contributed by atoms with Crippen LogP contribution in [0, 0.1) is 23.6 Å². The highest BCUT2D eigenvalue weighted by atomic mass is 19.1. The van der Waals surface area contributed by atoms with E-state index in [-0.39, 0.29) is 11.9 Å². The van der Waals surface area contributed by atoms with Crippen molar-refractivity contribution in [2.75, 3.05) is 32.7 Å². The van der Waals surface area contributed by atoms with Crippen molar-refractivity contribution in [1.82, 2.24) is 9.80 Å². The van der Waals surface area contributed by atoms with Crippen LogP contribution in [0.4, 0.5) is 4.39 Å². The second-order valence-electron chi connectivity index (χ2n) is 12.2. The van der Waals surface area contributed by atoms with Crippen molar-refractivity contribution in [3.05, 3.63) is 71.5 Å². The lowest BCUT2D eigenvalue weighted by molar-refractivity contribution is -0.143. The van der Waals surface area contributed by atoms with Crippen molar-refractivity contribution < 1.29 is 14.3 Å². The molecule has 3 atom stereocenters. The van der Waals surface area contributed by atoms with Crippen LogP contribution in [0.25, 0.3) is 0 Å². The number of carbonyl (C=O) groups is 1. The summed E-state index contributed by atoms with van der Waals surface area (Å²) in [6.45, 7) is 5.63. The lowest BCUT2D eigenvalue weighted by Crippen LogP contribution is -2.41. The molecule has 0 radical (unpaired) electrons. The second kappa shape index (κ2) is 13.2. The maximum Gasteiger partial charge on any atom is 0.320 e. The number of hydrogen-bond donors (Lipinski definition) is 1. The van der Waals surface area contributed by atoms with Gasteiger partial charge in [0.25, 0.3) is 0 Å². The highest BCUT2D eigenvalue weighted by Crippen LogP contribution is 2.38. The normalized spacial score (nSPS) is 25.0. The van der Waals surface area contributed by atoms with E-state index in [0.717, 1.165) is 31.3 Å². The van der Waals surface area contributed by atoms with Gasteiger partial charge < -0.3 is 10.0 Å². The molecule has 2 saturated heterocycles. The van der Waals surface area contributed by atoms with Gasteiger partial charge in [0.05, 0.1) is 0 Å². The van der Waals surface area contributed by atoms with Gasteiger partial charge in [-0.3, -0.25) is 9.69 Å². The Kier molecular flexibility index (Phi) is 9.50. The molecule has 0 amide bonds. The first-order valence-corrected chi connectivity index (χ1v) is 15.0. The van der Waals surface area contributed by atoms with Gasteiger partial charge in [-0.15, -0.1) is 0 Å². The zero-order chi connectivity index (χ0) is 26.3. The highest BCUT2D eigenvalue weighted by molar-refractivity contribution is 5.73. The lowest BCUT2D eigenvalue weighted by atomic mass is 9.86. The summed E-state index contributed by atoms with van der Waals surface area (Å²) in [5.41, 5.74) is 3.22. The molecule has 2 aliphatic heterocycles. The average molecular weight is 521 g/mol. The number of piperidine rings is 1. The van der Waals surface area contributed by atoms with Crippen molar-refractivity contribution in [3.8, 4) is 0 Å². The maximum absolute atomic E-state index is 11.9. The van der Waals surface area contributed by atoms with Crippen LogP contribution in [0.3, 0.4) is 0 Å². The number of hydrogen-bond acceptors (Lipinski definition) is 3. The van der Waals surface area contributed by atoms with E-state index in [1.807, 2.05) is 0 Å². The summed E-state index contributed by atoms with van der Waals surface area (Å²) in [6.07, 6.45) is 12.6. The average Bonchev–Trinajstić information content (AvgIpc) is 3.49. The third-order valence-electron chi connectivity index (χ3n) is 9.43. The molecule has 2 heterocycles. The molecule has 1 N–H and O–H groups in total. The fraction of sp³-hybridized carbons (Fsp3) is 0.606. The molecule has 2 aliphatic carbocycles. The highest BCUT2D eigenvalue weighted by Gasteiger charge is 2.37. The number of aryl methyl sites for hydroxylation is 1.